The number of para-hydroxylation sites is 1. The number of anilines is 1. The molecule has 14 heavy (non-hydrogen) atoms. The molecular formula is C9H9N2O3. The van der Waals surface area contributed by atoms with Crippen LogP contribution in [0.2, 0.25) is 0 Å². The molecule has 0 aliphatic carbocycles. The predicted octanol–water partition coefficient (Wildman–Crippen LogP) is 1.29. The number of hydrogen-bond acceptors (Lipinski definition) is 3. The van der Waals surface area contributed by atoms with E-state index in [0.717, 1.165) is 0 Å². The average molecular weight is 193 g/mol. The smallest absolute Gasteiger partial charge is 0.339 e. The standard InChI is InChI=1S/C9H9N2O3/c1-14-8(12)6-4-2-3-5-7(6)11-9(10)13/h2-5,10H,1H3,(H,11,13). The van der Waals surface area contributed by atoms with Crippen LogP contribution in [0.1, 0.15) is 10.4 Å². The van der Waals surface area contributed by atoms with Crippen LogP contribution in [0.5, 0.6) is 0 Å². The van der Waals surface area contributed by atoms with E-state index >= 15 is 0 Å². The molecule has 2 N–H and O–H groups in total. The molecule has 2 amide bonds. The van der Waals surface area contributed by atoms with E-state index in [2.05, 4.69) is 10.1 Å². The summed E-state index contributed by atoms with van der Waals surface area (Å²) in [5.41, 5.74) is 7.22. The number of ether oxygens (including phenoxy) is 1. The van der Waals surface area contributed by atoms with Crippen LogP contribution in [0.15, 0.2) is 24.3 Å². The number of rotatable bonds is 2. The first-order chi connectivity index (χ1) is 6.65. The van der Waals surface area contributed by atoms with E-state index in [-0.39, 0.29) is 11.3 Å². The minimum absolute atomic E-state index is 0.232. The molecule has 0 heterocycles. The summed E-state index contributed by atoms with van der Waals surface area (Å²) in [5, 5.41) is 2.22. The summed E-state index contributed by atoms with van der Waals surface area (Å²) in [6, 6.07) is 5.36. The fraction of sp³-hybridized carbons (Fsp3) is 0.111. The highest BCUT2D eigenvalue weighted by Crippen LogP contribution is 2.15. The summed E-state index contributed by atoms with van der Waals surface area (Å²) in [6.07, 6.45) is 0. The van der Waals surface area contributed by atoms with E-state index in [1.165, 1.54) is 19.2 Å². The van der Waals surface area contributed by atoms with Gasteiger partial charge < -0.3 is 10.1 Å². The Morgan fingerprint density at radius 3 is 2.57 bits per heavy atom. The Morgan fingerprint density at radius 1 is 1.36 bits per heavy atom. The van der Waals surface area contributed by atoms with E-state index in [1.807, 2.05) is 0 Å². The highest BCUT2D eigenvalue weighted by atomic mass is 16.5. The number of nitrogens with one attached hydrogen (secondary N) is 2. The van der Waals surface area contributed by atoms with Crippen LogP contribution in [0.3, 0.4) is 0 Å². The number of methoxy groups -OCH3 is 1. The quantitative estimate of drug-likeness (QED) is 0.718. The maximum absolute atomic E-state index is 11.2. The van der Waals surface area contributed by atoms with Crippen molar-refractivity contribution in [3.63, 3.8) is 0 Å². The second-order valence-electron chi connectivity index (χ2n) is 2.49. The maximum Gasteiger partial charge on any atom is 0.339 e. The second-order valence-corrected chi connectivity index (χ2v) is 2.49. The van der Waals surface area contributed by atoms with Crippen LogP contribution in [0, 0.1) is 0 Å². The van der Waals surface area contributed by atoms with Crippen molar-refractivity contribution in [2.24, 2.45) is 0 Å². The molecule has 0 aliphatic heterocycles. The summed E-state index contributed by atoms with van der Waals surface area (Å²) in [7, 11) is 1.25. The van der Waals surface area contributed by atoms with Gasteiger partial charge in [0.1, 0.15) is 0 Å². The van der Waals surface area contributed by atoms with Gasteiger partial charge in [0.2, 0.25) is 0 Å². The van der Waals surface area contributed by atoms with Gasteiger partial charge in [-0.2, -0.15) is 0 Å². The fourth-order valence-electron chi connectivity index (χ4n) is 1.00. The zero-order chi connectivity index (χ0) is 10.6. The zero-order valence-electron chi connectivity index (χ0n) is 7.53. The van der Waals surface area contributed by atoms with Crippen molar-refractivity contribution in [1.29, 1.82) is 0 Å². The van der Waals surface area contributed by atoms with E-state index < -0.39 is 12.0 Å². The van der Waals surface area contributed by atoms with E-state index in [9.17, 15) is 9.59 Å². The van der Waals surface area contributed by atoms with Crippen LogP contribution in [-0.2, 0) is 4.74 Å². The first kappa shape index (κ1) is 10.0. The normalized spacial score (nSPS) is 9.21. The minimum atomic E-state index is -0.971. The van der Waals surface area contributed by atoms with Crippen molar-refractivity contribution in [2.45, 2.75) is 0 Å². The lowest BCUT2D eigenvalue weighted by Gasteiger charge is -2.06. The molecule has 0 saturated carbocycles. The molecule has 0 bridgehead atoms. The second kappa shape index (κ2) is 4.27. The molecule has 0 spiro atoms. The Kier molecular flexibility index (Phi) is 3.06. The average Bonchev–Trinajstić information content (AvgIpc) is 2.16. The van der Waals surface area contributed by atoms with Crippen molar-refractivity contribution in [3.05, 3.63) is 29.8 Å². The van der Waals surface area contributed by atoms with E-state index in [1.54, 1.807) is 12.1 Å². The summed E-state index contributed by atoms with van der Waals surface area (Å²) < 4.78 is 4.51. The lowest BCUT2D eigenvalue weighted by Crippen LogP contribution is -2.13. The highest BCUT2D eigenvalue weighted by molar-refractivity contribution is 6.00. The van der Waals surface area contributed by atoms with Gasteiger partial charge >= 0.3 is 12.0 Å². The number of esters is 1. The topological polar surface area (TPSA) is 79.2 Å². The lowest BCUT2D eigenvalue weighted by atomic mass is 10.2. The van der Waals surface area contributed by atoms with Crippen molar-refractivity contribution in [3.8, 4) is 0 Å². The Labute approximate surface area is 80.9 Å². The molecule has 0 aliphatic rings. The largest absolute Gasteiger partial charge is 0.465 e. The van der Waals surface area contributed by atoms with Gasteiger partial charge in [-0.15, -0.1) is 0 Å². The Bertz CT molecular complexity index is 363. The van der Waals surface area contributed by atoms with Crippen molar-refractivity contribution in [2.75, 3.05) is 12.4 Å². The number of hydrogen-bond donors (Lipinski definition) is 1. The number of benzene rings is 1. The summed E-state index contributed by atoms with van der Waals surface area (Å²) in [5.74, 6) is -0.547. The molecule has 73 valence electrons. The molecule has 0 aromatic heterocycles. The van der Waals surface area contributed by atoms with E-state index in [0.29, 0.717) is 0 Å². The van der Waals surface area contributed by atoms with Gasteiger partial charge in [0, 0.05) is 0 Å². The predicted molar refractivity (Wildman–Crippen MR) is 49.9 cm³/mol. The molecule has 1 aromatic carbocycles. The molecular weight excluding hydrogens is 184 g/mol. The molecule has 1 rings (SSSR count). The van der Waals surface area contributed by atoms with Gasteiger partial charge in [0.25, 0.3) is 0 Å². The fourth-order valence-corrected chi connectivity index (χ4v) is 1.00. The van der Waals surface area contributed by atoms with Gasteiger partial charge in [-0.1, -0.05) is 12.1 Å². The Hall–Kier alpha value is -2.04. The molecule has 0 saturated heterocycles. The third kappa shape index (κ3) is 2.22. The van der Waals surface area contributed by atoms with Gasteiger partial charge in [-0.05, 0) is 12.1 Å². The van der Waals surface area contributed by atoms with Crippen LogP contribution in [-0.4, -0.2) is 19.1 Å². The molecule has 5 nitrogen and oxygen atoms in total. The van der Waals surface area contributed by atoms with Gasteiger partial charge in [-0.3, -0.25) is 0 Å². The summed E-state index contributed by atoms with van der Waals surface area (Å²) >= 11 is 0. The summed E-state index contributed by atoms with van der Waals surface area (Å²) in [6.45, 7) is 0. The van der Waals surface area contributed by atoms with Gasteiger partial charge in [0.05, 0.1) is 18.4 Å². The molecule has 1 aromatic rings. The maximum atomic E-state index is 11.2. The molecule has 0 unspecified atom stereocenters. The summed E-state index contributed by atoms with van der Waals surface area (Å²) in [4.78, 5) is 21.7. The van der Waals surface area contributed by atoms with Crippen LogP contribution >= 0.6 is 0 Å². The van der Waals surface area contributed by atoms with Gasteiger partial charge in [0.15, 0.2) is 0 Å². The Balaban J connectivity index is 3.02. The first-order valence-electron chi connectivity index (χ1n) is 3.85. The molecule has 5 heteroatoms. The first-order valence-corrected chi connectivity index (χ1v) is 3.85. The minimum Gasteiger partial charge on any atom is -0.465 e. The molecule has 0 fully saturated rings. The van der Waals surface area contributed by atoms with Crippen LogP contribution in [0.4, 0.5) is 10.5 Å². The molecule has 1 radical (unpaired) electrons. The van der Waals surface area contributed by atoms with Crippen LogP contribution < -0.4 is 11.1 Å². The number of urea groups is 1. The van der Waals surface area contributed by atoms with Crippen molar-refractivity contribution in [1.82, 2.24) is 5.73 Å². The number of carbonyl (C=O) groups is 2. The van der Waals surface area contributed by atoms with E-state index in [4.69, 9.17) is 5.73 Å². The highest BCUT2D eigenvalue weighted by Gasteiger charge is 2.11. The number of amides is 2. The Morgan fingerprint density at radius 2 is 2.00 bits per heavy atom. The van der Waals surface area contributed by atoms with Gasteiger partial charge in [-0.25, -0.2) is 15.3 Å². The monoisotopic (exact) mass is 193 g/mol. The van der Waals surface area contributed by atoms with Crippen molar-refractivity contribution >= 4 is 17.7 Å². The zero-order valence-corrected chi connectivity index (χ0v) is 7.53. The molecule has 0 atom stereocenters. The third-order valence-electron chi connectivity index (χ3n) is 1.58. The van der Waals surface area contributed by atoms with Crippen LogP contribution in [0.25, 0.3) is 0 Å². The SMILES string of the molecule is COC(=O)c1ccccc1NC([NH])=O. The number of carbonyl (C=O) groups excluding carboxylic acids is 2. The lowest BCUT2D eigenvalue weighted by molar-refractivity contribution is 0.0602. The third-order valence-corrected chi connectivity index (χ3v) is 1.58. The van der Waals surface area contributed by atoms with Crippen molar-refractivity contribution < 1.29 is 14.3 Å².